The number of hydrogen-bond donors (Lipinski definition) is 1. The van der Waals surface area contributed by atoms with Crippen LogP contribution >= 0.6 is 0 Å². The summed E-state index contributed by atoms with van der Waals surface area (Å²) in [5, 5.41) is 11.7. The Labute approximate surface area is 170 Å². The molecule has 2 aromatic heterocycles. The standard InChI is InChI=1S/C21H27N7O/c1-3-27-14-17(12-22-27)13-26-10-7-11-28(21(29)18-8-5-4-6-9-18)19(15-26)20-23-16(2)24-25-20/h4-6,8-9,12,14,19H,3,7,10-11,13,15H2,1-2H3,(H,23,24,25). The van der Waals surface area contributed by atoms with Gasteiger partial charge in [-0.2, -0.15) is 10.2 Å². The fraction of sp³-hybridized carbons (Fsp3) is 0.429. The molecular weight excluding hydrogens is 366 g/mol. The molecule has 1 aliphatic rings. The maximum atomic E-state index is 13.3. The van der Waals surface area contributed by atoms with E-state index in [2.05, 4.69) is 38.3 Å². The van der Waals surface area contributed by atoms with Crippen LogP contribution in [-0.2, 0) is 13.1 Å². The number of amides is 1. The van der Waals surface area contributed by atoms with Gasteiger partial charge in [-0.15, -0.1) is 0 Å². The number of nitrogens with one attached hydrogen (secondary N) is 1. The second kappa shape index (κ2) is 8.57. The van der Waals surface area contributed by atoms with Gasteiger partial charge in [0.1, 0.15) is 11.9 Å². The van der Waals surface area contributed by atoms with Gasteiger partial charge in [0.05, 0.1) is 6.20 Å². The third-order valence-corrected chi connectivity index (χ3v) is 5.29. The van der Waals surface area contributed by atoms with Crippen molar-refractivity contribution < 1.29 is 4.79 Å². The Bertz CT molecular complexity index is 949. The summed E-state index contributed by atoms with van der Waals surface area (Å²) < 4.78 is 1.94. The van der Waals surface area contributed by atoms with Crippen LogP contribution in [0, 0.1) is 6.92 Å². The molecule has 8 heteroatoms. The Morgan fingerprint density at radius 1 is 1.24 bits per heavy atom. The molecule has 29 heavy (non-hydrogen) atoms. The first-order valence-electron chi connectivity index (χ1n) is 10.1. The van der Waals surface area contributed by atoms with Crippen LogP contribution in [0.5, 0.6) is 0 Å². The van der Waals surface area contributed by atoms with Gasteiger partial charge in [0.25, 0.3) is 5.91 Å². The van der Waals surface area contributed by atoms with Crippen LogP contribution in [0.1, 0.15) is 47.0 Å². The molecule has 1 amide bonds. The molecule has 1 aliphatic heterocycles. The zero-order valence-electron chi connectivity index (χ0n) is 17.0. The van der Waals surface area contributed by atoms with Crippen LogP contribution in [-0.4, -0.2) is 60.3 Å². The highest BCUT2D eigenvalue weighted by atomic mass is 16.2. The number of aryl methyl sites for hydroxylation is 2. The SMILES string of the molecule is CCn1cc(CN2CCCN(C(=O)c3ccccc3)C(c3n[nH]c(C)n3)C2)cn1. The maximum Gasteiger partial charge on any atom is 0.254 e. The van der Waals surface area contributed by atoms with Crippen molar-refractivity contribution in [1.82, 2.24) is 34.8 Å². The van der Waals surface area contributed by atoms with Crippen LogP contribution in [0.4, 0.5) is 0 Å². The first kappa shape index (κ1) is 19.3. The van der Waals surface area contributed by atoms with Gasteiger partial charge in [0, 0.05) is 50.0 Å². The highest BCUT2D eigenvalue weighted by molar-refractivity contribution is 5.94. The Kier molecular flexibility index (Phi) is 5.71. The van der Waals surface area contributed by atoms with Crippen LogP contribution < -0.4 is 0 Å². The first-order valence-corrected chi connectivity index (χ1v) is 10.1. The van der Waals surface area contributed by atoms with Gasteiger partial charge in [0.15, 0.2) is 5.82 Å². The van der Waals surface area contributed by atoms with E-state index >= 15 is 0 Å². The van der Waals surface area contributed by atoms with E-state index in [1.807, 2.05) is 53.0 Å². The second-order valence-electron chi connectivity index (χ2n) is 7.45. The summed E-state index contributed by atoms with van der Waals surface area (Å²) in [6.45, 7) is 7.90. The van der Waals surface area contributed by atoms with Gasteiger partial charge >= 0.3 is 0 Å². The Hall–Kier alpha value is -3.00. The molecule has 152 valence electrons. The molecule has 0 spiro atoms. The number of H-pyrrole nitrogens is 1. The Morgan fingerprint density at radius 3 is 2.76 bits per heavy atom. The van der Waals surface area contributed by atoms with E-state index in [1.165, 1.54) is 5.56 Å². The van der Waals surface area contributed by atoms with Crippen LogP contribution in [0.3, 0.4) is 0 Å². The number of rotatable bonds is 5. The minimum atomic E-state index is -0.198. The predicted molar refractivity (Wildman–Crippen MR) is 109 cm³/mol. The summed E-state index contributed by atoms with van der Waals surface area (Å²) in [4.78, 5) is 22.1. The average molecular weight is 393 g/mol. The molecule has 1 atom stereocenters. The normalized spacial score (nSPS) is 18.0. The minimum absolute atomic E-state index is 0.0266. The number of aromatic amines is 1. The Balaban J connectivity index is 1.59. The summed E-state index contributed by atoms with van der Waals surface area (Å²) in [5.41, 5.74) is 1.88. The van der Waals surface area contributed by atoms with E-state index in [9.17, 15) is 4.79 Å². The third kappa shape index (κ3) is 4.37. The van der Waals surface area contributed by atoms with Crippen molar-refractivity contribution in [1.29, 1.82) is 0 Å². The number of aromatic nitrogens is 5. The molecule has 1 N–H and O–H groups in total. The molecule has 1 aromatic carbocycles. The smallest absolute Gasteiger partial charge is 0.254 e. The lowest BCUT2D eigenvalue weighted by atomic mass is 10.1. The van der Waals surface area contributed by atoms with Crippen molar-refractivity contribution in [3.8, 4) is 0 Å². The molecular formula is C21H27N7O. The largest absolute Gasteiger partial charge is 0.327 e. The molecule has 3 aromatic rings. The summed E-state index contributed by atoms with van der Waals surface area (Å²) in [7, 11) is 0. The first-order chi connectivity index (χ1) is 14.1. The molecule has 4 rings (SSSR count). The van der Waals surface area contributed by atoms with Gasteiger partial charge in [-0.25, -0.2) is 4.98 Å². The van der Waals surface area contributed by atoms with Crippen molar-refractivity contribution in [2.75, 3.05) is 19.6 Å². The zero-order valence-corrected chi connectivity index (χ0v) is 17.0. The second-order valence-corrected chi connectivity index (χ2v) is 7.45. The summed E-state index contributed by atoms with van der Waals surface area (Å²) in [6, 6.07) is 9.25. The maximum absolute atomic E-state index is 13.3. The molecule has 1 unspecified atom stereocenters. The molecule has 1 fully saturated rings. The van der Waals surface area contributed by atoms with E-state index in [1.54, 1.807) is 0 Å². The molecule has 0 bridgehead atoms. The van der Waals surface area contributed by atoms with Crippen molar-refractivity contribution in [2.24, 2.45) is 0 Å². The van der Waals surface area contributed by atoms with Gasteiger partial charge in [-0.3, -0.25) is 19.5 Å². The average Bonchev–Trinajstić information content (AvgIpc) is 3.32. The van der Waals surface area contributed by atoms with Gasteiger partial charge < -0.3 is 4.90 Å². The summed E-state index contributed by atoms with van der Waals surface area (Å²) >= 11 is 0. The summed E-state index contributed by atoms with van der Waals surface area (Å²) in [6.07, 6.45) is 4.91. The predicted octanol–water partition coefficient (Wildman–Crippen LogP) is 2.42. The van der Waals surface area contributed by atoms with E-state index in [4.69, 9.17) is 0 Å². The fourth-order valence-electron chi connectivity index (χ4n) is 3.84. The lowest BCUT2D eigenvalue weighted by Crippen LogP contribution is -2.39. The van der Waals surface area contributed by atoms with Crippen molar-refractivity contribution in [3.63, 3.8) is 0 Å². The van der Waals surface area contributed by atoms with Crippen molar-refractivity contribution in [2.45, 2.75) is 39.4 Å². The molecule has 8 nitrogen and oxygen atoms in total. The monoisotopic (exact) mass is 393 g/mol. The lowest BCUT2D eigenvalue weighted by Gasteiger charge is -2.30. The number of benzene rings is 1. The van der Waals surface area contributed by atoms with Crippen LogP contribution in [0.15, 0.2) is 42.7 Å². The van der Waals surface area contributed by atoms with E-state index in [-0.39, 0.29) is 11.9 Å². The van der Waals surface area contributed by atoms with E-state index in [0.29, 0.717) is 24.5 Å². The zero-order chi connectivity index (χ0) is 20.2. The molecule has 3 heterocycles. The number of carbonyl (C=O) groups excluding carboxylic acids is 1. The van der Waals surface area contributed by atoms with Crippen molar-refractivity contribution >= 4 is 5.91 Å². The molecule has 0 radical (unpaired) electrons. The highest BCUT2D eigenvalue weighted by Gasteiger charge is 2.33. The molecule has 0 saturated carbocycles. The highest BCUT2D eigenvalue weighted by Crippen LogP contribution is 2.25. The van der Waals surface area contributed by atoms with E-state index < -0.39 is 0 Å². The number of hydrogen-bond acceptors (Lipinski definition) is 5. The van der Waals surface area contributed by atoms with E-state index in [0.717, 1.165) is 31.9 Å². The minimum Gasteiger partial charge on any atom is -0.327 e. The van der Waals surface area contributed by atoms with Gasteiger partial charge in [-0.05, 0) is 32.4 Å². The lowest BCUT2D eigenvalue weighted by molar-refractivity contribution is 0.0663. The van der Waals surface area contributed by atoms with Crippen LogP contribution in [0.2, 0.25) is 0 Å². The fourth-order valence-corrected chi connectivity index (χ4v) is 3.84. The summed E-state index contributed by atoms with van der Waals surface area (Å²) in [5.74, 6) is 1.45. The quantitative estimate of drug-likeness (QED) is 0.720. The number of carbonyl (C=O) groups is 1. The topological polar surface area (TPSA) is 82.9 Å². The van der Waals surface area contributed by atoms with Gasteiger partial charge in [-0.1, -0.05) is 18.2 Å². The van der Waals surface area contributed by atoms with Crippen molar-refractivity contribution in [3.05, 3.63) is 65.5 Å². The number of nitrogens with zero attached hydrogens (tertiary/aromatic N) is 6. The third-order valence-electron chi connectivity index (χ3n) is 5.29. The van der Waals surface area contributed by atoms with Crippen LogP contribution in [0.25, 0.3) is 0 Å². The van der Waals surface area contributed by atoms with Gasteiger partial charge in [0.2, 0.25) is 0 Å². The Morgan fingerprint density at radius 2 is 2.07 bits per heavy atom. The molecule has 0 aliphatic carbocycles. The molecule has 1 saturated heterocycles.